The van der Waals surface area contributed by atoms with Crippen molar-refractivity contribution in [3.63, 3.8) is 0 Å². The zero-order valence-electron chi connectivity index (χ0n) is 11.1. The quantitative estimate of drug-likeness (QED) is 0.804. The number of carbonyl (C=O) groups is 1. The summed E-state index contributed by atoms with van der Waals surface area (Å²) >= 11 is 5.73. The number of aromatic nitrogens is 1. The number of nitrogens with zero attached hydrogens (tertiary/aromatic N) is 1. The third-order valence-corrected chi connectivity index (χ3v) is 3.01. The van der Waals surface area contributed by atoms with E-state index < -0.39 is 11.8 Å². The minimum absolute atomic E-state index is 0.0302. The SMILES string of the molecule is CCCc1nc(-c2ccc(F)c(Cl)c2)oc1C(=O)OC. The number of hydrogen-bond donors (Lipinski definition) is 0. The van der Waals surface area contributed by atoms with Gasteiger partial charge >= 0.3 is 5.97 Å². The van der Waals surface area contributed by atoms with Gasteiger partial charge in [0.05, 0.1) is 17.8 Å². The molecule has 1 aromatic heterocycles. The number of aryl methyl sites for hydroxylation is 1. The van der Waals surface area contributed by atoms with Crippen LogP contribution in [0.15, 0.2) is 22.6 Å². The zero-order valence-corrected chi connectivity index (χ0v) is 11.8. The number of esters is 1. The third-order valence-electron chi connectivity index (χ3n) is 2.72. The highest BCUT2D eigenvalue weighted by molar-refractivity contribution is 6.31. The van der Waals surface area contributed by atoms with Gasteiger partial charge in [-0.25, -0.2) is 14.2 Å². The van der Waals surface area contributed by atoms with Gasteiger partial charge in [-0.3, -0.25) is 0 Å². The van der Waals surface area contributed by atoms with Crippen LogP contribution < -0.4 is 0 Å². The standard InChI is InChI=1S/C14H13ClFNO3/c1-3-4-11-12(14(18)19-2)20-13(17-11)8-5-6-10(16)9(15)7-8/h5-7H,3-4H2,1-2H3. The molecule has 0 bridgehead atoms. The van der Waals surface area contributed by atoms with E-state index in [0.29, 0.717) is 17.7 Å². The molecule has 0 aliphatic heterocycles. The van der Waals surface area contributed by atoms with Crippen molar-refractivity contribution < 1.29 is 18.3 Å². The summed E-state index contributed by atoms with van der Waals surface area (Å²) in [5, 5.41) is -0.0302. The zero-order chi connectivity index (χ0) is 14.7. The van der Waals surface area contributed by atoms with Crippen molar-refractivity contribution in [3.8, 4) is 11.5 Å². The maximum absolute atomic E-state index is 13.1. The summed E-state index contributed by atoms with van der Waals surface area (Å²) in [5.41, 5.74) is 1.03. The fourth-order valence-corrected chi connectivity index (χ4v) is 1.94. The molecule has 106 valence electrons. The van der Waals surface area contributed by atoms with E-state index in [1.807, 2.05) is 6.92 Å². The van der Waals surface area contributed by atoms with E-state index >= 15 is 0 Å². The molecule has 0 saturated carbocycles. The molecule has 0 radical (unpaired) electrons. The molecule has 6 heteroatoms. The lowest BCUT2D eigenvalue weighted by atomic mass is 10.2. The summed E-state index contributed by atoms with van der Waals surface area (Å²) in [5.74, 6) is -0.815. The monoisotopic (exact) mass is 297 g/mol. The van der Waals surface area contributed by atoms with Gasteiger partial charge in [0.2, 0.25) is 11.7 Å². The molecule has 0 amide bonds. The van der Waals surface area contributed by atoms with Crippen molar-refractivity contribution in [2.75, 3.05) is 7.11 Å². The Morgan fingerprint density at radius 2 is 2.25 bits per heavy atom. The Hall–Kier alpha value is -1.88. The number of rotatable bonds is 4. The van der Waals surface area contributed by atoms with E-state index in [1.54, 1.807) is 0 Å². The number of oxazole rings is 1. The Kier molecular flexibility index (Phi) is 4.39. The second-order valence-electron chi connectivity index (χ2n) is 4.17. The molecule has 0 aliphatic carbocycles. The Bertz CT molecular complexity index is 639. The maximum atomic E-state index is 13.1. The van der Waals surface area contributed by atoms with Gasteiger partial charge in [-0.1, -0.05) is 24.9 Å². The van der Waals surface area contributed by atoms with Crippen molar-refractivity contribution in [1.29, 1.82) is 0 Å². The van der Waals surface area contributed by atoms with Gasteiger partial charge < -0.3 is 9.15 Å². The van der Waals surface area contributed by atoms with Crippen LogP contribution in [0.3, 0.4) is 0 Å². The van der Waals surface area contributed by atoms with E-state index in [0.717, 1.165) is 6.42 Å². The summed E-state index contributed by atoms with van der Waals surface area (Å²) in [7, 11) is 1.27. The Morgan fingerprint density at radius 1 is 1.50 bits per heavy atom. The van der Waals surface area contributed by atoms with E-state index in [2.05, 4.69) is 9.72 Å². The maximum Gasteiger partial charge on any atom is 0.376 e. The van der Waals surface area contributed by atoms with Gasteiger partial charge in [-0.05, 0) is 24.6 Å². The number of carbonyl (C=O) groups excluding carboxylic acids is 1. The summed E-state index contributed by atoms with van der Waals surface area (Å²) in [4.78, 5) is 15.9. The predicted molar refractivity (Wildman–Crippen MR) is 72.2 cm³/mol. The molecule has 0 aliphatic rings. The molecular weight excluding hydrogens is 285 g/mol. The Morgan fingerprint density at radius 3 is 2.85 bits per heavy atom. The van der Waals surface area contributed by atoms with E-state index in [1.165, 1.54) is 25.3 Å². The van der Waals surface area contributed by atoms with Crippen LogP contribution in [-0.4, -0.2) is 18.1 Å². The number of methoxy groups -OCH3 is 1. The fraction of sp³-hybridized carbons (Fsp3) is 0.286. The van der Waals surface area contributed by atoms with E-state index in [9.17, 15) is 9.18 Å². The highest BCUT2D eigenvalue weighted by atomic mass is 35.5. The third kappa shape index (κ3) is 2.82. The molecule has 0 N–H and O–H groups in total. The molecule has 0 saturated heterocycles. The first-order valence-electron chi connectivity index (χ1n) is 6.10. The van der Waals surface area contributed by atoms with Crippen molar-refractivity contribution >= 4 is 17.6 Å². The molecule has 1 aromatic carbocycles. The number of ether oxygens (including phenoxy) is 1. The van der Waals surface area contributed by atoms with Gasteiger partial charge in [0, 0.05) is 5.56 Å². The molecular formula is C14H13ClFNO3. The molecule has 0 atom stereocenters. The average Bonchev–Trinajstić information content (AvgIpc) is 2.85. The van der Waals surface area contributed by atoms with Crippen molar-refractivity contribution in [2.24, 2.45) is 0 Å². The van der Waals surface area contributed by atoms with Gasteiger partial charge in [-0.15, -0.1) is 0 Å². The van der Waals surface area contributed by atoms with Gasteiger partial charge in [-0.2, -0.15) is 0 Å². The molecule has 2 rings (SSSR count). The molecule has 0 unspecified atom stereocenters. The molecule has 0 fully saturated rings. The first-order valence-corrected chi connectivity index (χ1v) is 6.48. The second kappa shape index (κ2) is 6.05. The van der Waals surface area contributed by atoms with E-state index in [4.69, 9.17) is 16.0 Å². The summed E-state index contributed by atoms with van der Waals surface area (Å²) in [6.45, 7) is 1.96. The lowest BCUT2D eigenvalue weighted by Gasteiger charge is -1.97. The number of halogens is 2. The molecule has 0 spiro atoms. The fourth-order valence-electron chi connectivity index (χ4n) is 1.76. The smallest absolute Gasteiger partial charge is 0.376 e. The average molecular weight is 298 g/mol. The first kappa shape index (κ1) is 14.5. The van der Waals surface area contributed by atoms with Crippen molar-refractivity contribution in [1.82, 2.24) is 4.98 Å². The van der Waals surface area contributed by atoms with Crippen LogP contribution in [0.1, 0.15) is 29.6 Å². The van der Waals surface area contributed by atoms with Crippen molar-refractivity contribution in [2.45, 2.75) is 19.8 Å². The van der Waals surface area contributed by atoms with Gasteiger partial charge in [0.15, 0.2) is 0 Å². The van der Waals surface area contributed by atoms with Crippen molar-refractivity contribution in [3.05, 3.63) is 40.5 Å². The summed E-state index contributed by atoms with van der Waals surface area (Å²) in [6.07, 6.45) is 1.39. The van der Waals surface area contributed by atoms with Crippen LogP contribution in [-0.2, 0) is 11.2 Å². The highest BCUT2D eigenvalue weighted by Gasteiger charge is 2.21. The van der Waals surface area contributed by atoms with Crippen LogP contribution in [0.25, 0.3) is 11.5 Å². The molecule has 4 nitrogen and oxygen atoms in total. The molecule has 2 aromatic rings. The van der Waals surface area contributed by atoms with Gasteiger partial charge in [0.25, 0.3) is 0 Å². The largest absolute Gasteiger partial charge is 0.463 e. The van der Waals surface area contributed by atoms with Crippen LogP contribution in [0.5, 0.6) is 0 Å². The second-order valence-corrected chi connectivity index (χ2v) is 4.57. The minimum atomic E-state index is -0.583. The van der Waals surface area contributed by atoms with Crippen LogP contribution in [0.2, 0.25) is 5.02 Å². The molecule has 1 heterocycles. The first-order chi connectivity index (χ1) is 9.56. The number of benzene rings is 1. The van der Waals surface area contributed by atoms with E-state index in [-0.39, 0.29) is 16.7 Å². The topological polar surface area (TPSA) is 52.3 Å². The minimum Gasteiger partial charge on any atom is -0.463 e. The molecule has 20 heavy (non-hydrogen) atoms. The number of hydrogen-bond acceptors (Lipinski definition) is 4. The highest BCUT2D eigenvalue weighted by Crippen LogP contribution is 2.27. The summed E-state index contributed by atoms with van der Waals surface area (Å²) in [6, 6.07) is 4.11. The normalized spacial score (nSPS) is 10.6. The Balaban J connectivity index is 2.46. The Labute approximate surface area is 120 Å². The lowest BCUT2D eigenvalue weighted by molar-refractivity contribution is 0.0564. The lowest BCUT2D eigenvalue weighted by Crippen LogP contribution is -2.03. The predicted octanol–water partition coefficient (Wildman–Crippen LogP) is 3.87. The van der Waals surface area contributed by atoms with Crippen LogP contribution >= 0.6 is 11.6 Å². The summed E-state index contributed by atoms with van der Waals surface area (Å²) < 4.78 is 23.2. The van der Waals surface area contributed by atoms with Gasteiger partial charge in [0.1, 0.15) is 5.82 Å². The van der Waals surface area contributed by atoms with Crippen LogP contribution in [0.4, 0.5) is 4.39 Å². The van der Waals surface area contributed by atoms with Crippen LogP contribution in [0, 0.1) is 5.82 Å².